The van der Waals surface area contributed by atoms with Gasteiger partial charge in [-0.05, 0) is 78.1 Å². The lowest BCUT2D eigenvalue weighted by atomic mass is 9.78. The Hall–Kier alpha value is -4.64. The second kappa shape index (κ2) is 9.49. The van der Waals surface area contributed by atoms with Crippen LogP contribution in [0.2, 0.25) is 0 Å². The average Bonchev–Trinajstić information content (AvgIpc) is 3.57. The summed E-state index contributed by atoms with van der Waals surface area (Å²) in [5.41, 5.74) is 12.5. The molecule has 5 aliphatic carbocycles. The highest BCUT2D eigenvalue weighted by Crippen LogP contribution is 2.56. The predicted octanol–water partition coefficient (Wildman–Crippen LogP) is 8.75. The Morgan fingerprint density at radius 2 is 1.65 bits per heavy atom. The Kier molecular flexibility index (Phi) is 5.21. The molecule has 3 aliphatic heterocycles. The van der Waals surface area contributed by atoms with Gasteiger partial charge in [0.05, 0.1) is 17.7 Å². The second-order valence-electron chi connectivity index (χ2n) is 15.1. The van der Waals surface area contributed by atoms with Crippen molar-refractivity contribution in [1.29, 1.82) is 0 Å². The molecule has 9 unspecified atom stereocenters. The number of nitrogens with zero attached hydrogens (tertiary/aromatic N) is 3. The van der Waals surface area contributed by atoms with Crippen LogP contribution in [0, 0.1) is 11.8 Å². The normalized spacial score (nSPS) is 34.1. The SMILES string of the molecule is C1=CC2c3ccccc3N(c3ccc4c(c3)C3NC5C6CC6C=CC5N3C3C=CC(n5c6c(c7ccccc75)C=CCC6)=CC43)C2C=C1. The molecule has 8 aliphatic rings. The highest BCUT2D eigenvalue weighted by Gasteiger charge is 2.57. The molecule has 0 radical (unpaired) electrons. The standard InChI is InChI=1S/C44H38N4/c1-5-13-37-30(9-1)31-10-2-6-14-38(31)46(37)27-18-20-29-35-24-28(47-39-15-7-3-11-32(39)33-12-4-8-16-40(33)47)19-22-41(35)48-42-21-17-26-23-34(26)43(42)45-44(48)36(29)25-27/h1-7,9-15,17-22,24-26,30,34-35,37,41-45H,8,16,23H2. The number of hydrogen-bond donors (Lipinski definition) is 1. The molecule has 12 rings (SSSR count). The molecule has 4 aromatic rings. The number of allylic oxidation sites excluding steroid dienone is 6. The van der Waals surface area contributed by atoms with Crippen molar-refractivity contribution >= 4 is 34.1 Å². The van der Waals surface area contributed by atoms with Crippen molar-refractivity contribution in [2.75, 3.05) is 4.90 Å². The summed E-state index contributed by atoms with van der Waals surface area (Å²) in [6.07, 6.45) is 30.3. The second-order valence-corrected chi connectivity index (χ2v) is 15.1. The highest BCUT2D eigenvalue weighted by molar-refractivity contribution is 5.95. The summed E-state index contributed by atoms with van der Waals surface area (Å²) in [5, 5.41) is 5.60. The van der Waals surface area contributed by atoms with Crippen LogP contribution in [0.5, 0.6) is 0 Å². The van der Waals surface area contributed by atoms with Crippen LogP contribution in [0.25, 0.3) is 22.7 Å². The maximum atomic E-state index is 4.24. The summed E-state index contributed by atoms with van der Waals surface area (Å²) in [4.78, 5) is 5.44. The van der Waals surface area contributed by atoms with E-state index in [4.69, 9.17) is 0 Å². The van der Waals surface area contributed by atoms with E-state index in [1.165, 1.54) is 62.3 Å². The Labute approximate surface area is 281 Å². The van der Waals surface area contributed by atoms with E-state index >= 15 is 0 Å². The largest absolute Gasteiger partial charge is 0.333 e. The van der Waals surface area contributed by atoms with Crippen molar-refractivity contribution in [3.05, 3.63) is 155 Å². The third-order valence-corrected chi connectivity index (χ3v) is 12.9. The smallest absolute Gasteiger partial charge is 0.0877 e. The summed E-state index contributed by atoms with van der Waals surface area (Å²) < 4.78 is 2.57. The summed E-state index contributed by atoms with van der Waals surface area (Å²) in [6.45, 7) is 0. The molecule has 1 aromatic heterocycles. The van der Waals surface area contributed by atoms with Gasteiger partial charge in [0.15, 0.2) is 0 Å². The van der Waals surface area contributed by atoms with Crippen LogP contribution in [0.3, 0.4) is 0 Å². The molecule has 1 saturated carbocycles. The zero-order valence-electron chi connectivity index (χ0n) is 26.9. The van der Waals surface area contributed by atoms with Crippen molar-refractivity contribution in [2.24, 2.45) is 11.8 Å². The number of rotatable bonds is 2. The predicted molar refractivity (Wildman–Crippen MR) is 195 cm³/mol. The summed E-state index contributed by atoms with van der Waals surface area (Å²) in [7, 11) is 0. The van der Waals surface area contributed by atoms with Gasteiger partial charge in [0, 0.05) is 63.7 Å². The van der Waals surface area contributed by atoms with Gasteiger partial charge in [0.2, 0.25) is 0 Å². The van der Waals surface area contributed by atoms with E-state index in [1.807, 2.05) is 0 Å². The van der Waals surface area contributed by atoms with Crippen LogP contribution in [-0.4, -0.2) is 33.6 Å². The molecule has 3 aromatic carbocycles. The number of nitrogens with one attached hydrogen (secondary N) is 1. The molecule has 48 heavy (non-hydrogen) atoms. The number of para-hydroxylation sites is 2. The number of fused-ring (bicyclic) bond motifs is 16. The van der Waals surface area contributed by atoms with Crippen LogP contribution in [-0.2, 0) is 6.42 Å². The van der Waals surface area contributed by atoms with Gasteiger partial charge >= 0.3 is 0 Å². The lowest BCUT2D eigenvalue weighted by Gasteiger charge is -2.46. The first kappa shape index (κ1) is 26.3. The van der Waals surface area contributed by atoms with Crippen molar-refractivity contribution in [3.8, 4) is 0 Å². The minimum Gasteiger partial charge on any atom is -0.333 e. The number of aromatic nitrogens is 1. The number of benzene rings is 3. The van der Waals surface area contributed by atoms with Gasteiger partial charge in [-0.15, -0.1) is 0 Å². The lowest BCUT2D eigenvalue weighted by molar-refractivity contribution is 0.140. The van der Waals surface area contributed by atoms with E-state index in [0.29, 0.717) is 30.1 Å². The molecular formula is C44H38N4. The van der Waals surface area contributed by atoms with Crippen molar-refractivity contribution in [1.82, 2.24) is 14.8 Å². The number of hydrogen-bond acceptors (Lipinski definition) is 3. The topological polar surface area (TPSA) is 23.4 Å². The third kappa shape index (κ3) is 3.42. The average molecular weight is 623 g/mol. The van der Waals surface area contributed by atoms with E-state index in [2.05, 4.69) is 153 Å². The van der Waals surface area contributed by atoms with Crippen molar-refractivity contribution in [3.63, 3.8) is 0 Å². The van der Waals surface area contributed by atoms with Crippen LogP contribution in [0.4, 0.5) is 11.4 Å². The quantitative estimate of drug-likeness (QED) is 0.226. The minimum atomic E-state index is 0.209. The van der Waals surface area contributed by atoms with Crippen LogP contribution < -0.4 is 10.2 Å². The first-order chi connectivity index (χ1) is 23.8. The molecule has 4 heterocycles. The number of anilines is 2. The monoisotopic (exact) mass is 622 g/mol. The summed E-state index contributed by atoms with van der Waals surface area (Å²) >= 11 is 0. The molecule has 0 amide bonds. The van der Waals surface area contributed by atoms with Gasteiger partial charge in [-0.2, -0.15) is 0 Å². The Morgan fingerprint density at radius 1 is 0.729 bits per heavy atom. The zero-order chi connectivity index (χ0) is 31.1. The van der Waals surface area contributed by atoms with Crippen LogP contribution in [0.1, 0.15) is 58.8 Å². The Bertz CT molecular complexity index is 2240. The van der Waals surface area contributed by atoms with Gasteiger partial charge in [0.25, 0.3) is 0 Å². The first-order valence-corrected chi connectivity index (χ1v) is 18.1. The Morgan fingerprint density at radius 3 is 2.65 bits per heavy atom. The molecule has 2 fully saturated rings. The van der Waals surface area contributed by atoms with Gasteiger partial charge in [-0.1, -0.05) is 103 Å². The van der Waals surface area contributed by atoms with E-state index in [-0.39, 0.29) is 12.1 Å². The maximum Gasteiger partial charge on any atom is 0.0877 e. The van der Waals surface area contributed by atoms with E-state index in [0.717, 1.165) is 24.7 Å². The molecule has 0 bridgehead atoms. The van der Waals surface area contributed by atoms with Crippen LogP contribution >= 0.6 is 0 Å². The van der Waals surface area contributed by atoms with Crippen molar-refractivity contribution < 1.29 is 0 Å². The fraction of sp³-hybridized carbons (Fsp3) is 0.273. The van der Waals surface area contributed by atoms with Crippen molar-refractivity contribution in [2.45, 2.75) is 61.4 Å². The fourth-order valence-electron chi connectivity index (χ4n) is 10.7. The maximum absolute atomic E-state index is 4.24. The van der Waals surface area contributed by atoms with Crippen LogP contribution in [0.15, 0.2) is 127 Å². The molecular weight excluding hydrogens is 585 g/mol. The first-order valence-electron chi connectivity index (χ1n) is 18.1. The fourth-order valence-corrected chi connectivity index (χ4v) is 10.7. The minimum absolute atomic E-state index is 0.209. The third-order valence-electron chi connectivity index (χ3n) is 12.9. The van der Waals surface area contributed by atoms with E-state index < -0.39 is 0 Å². The molecule has 0 spiro atoms. The van der Waals surface area contributed by atoms with E-state index in [1.54, 1.807) is 0 Å². The zero-order valence-corrected chi connectivity index (χ0v) is 26.9. The summed E-state index contributed by atoms with van der Waals surface area (Å²) in [6, 6.07) is 27.0. The molecule has 4 heteroatoms. The lowest BCUT2D eigenvalue weighted by Crippen LogP contribution is -2.48. The molecule has 4 nitrogen and oxygen atoms in total. The molecule has 9 atom stereocenters. The van der Waals surface area contributed by atoms with Gasteiger partial charge in [0.1, 0.15) is 0 Å². The van der Waals surface area contributed by atoms with E-state index in [9.17, 15) is 0 Å². The highest BCUT2D eigenvalue weighted by atomic mass is 15.4. The van der Waals surface area contributed by atoms with Gasteiger partial charge in [-0.25, -0.2) is 0 Å². The Balaban J connectivity index is 1.03. The molecule has 1 N–H and O–H groups in total. The van der Waals surface area contributed by atoms with Gasteiger partial charge in [-0.3, -0.25) is 10.2 Å². The van der Waals surface area contributed by atoms with Gasteiger partial charge < -0.3 is 9.47 Å². The molecule has 234 valence electrons. The molecule has 1 saturated heterocycles. The summed E-state index contributed by atoms with van der Waals surface area (Å²) in [5.74, 6) is 2.20.